The van der Waals surface area contributed by atoms with E-state index in [0.29, 0.717) is 18.5 Å². The van der Waals surface area contributed by atoms with Gasteiger partial charge in [0.15, 0.2) is 0 Å². The van der Waals surface area contributed by atoms with Crippen molar-refractivity contribution in [1.82, 2.24) is 0 Å². The zero-order valence-corrected chi connectivity index (χ0v) is 13.8. The highest BCUT2D eigenvalue weighted by Crippen LogP contribution is 2.27. The molecule has 1 aliphatic rings. The summed E-state index contributed by atoms with van der Waals surface area (Å²) in [4.78, 5) is 36.0. The van der Waals surface area contributed by atoms with Crippen LogP contribution in [0, 0.1) is 10.1 Å². The Morgan fingerprint density at radius 1 is 1.20 bits per heavy atom. The van der Waals surface area contributed by atoms with E-state index in [9.17, 15) is 19.7 Å². The van der Waals surface area contributed by atoms with Crippen molar-refractivity contribution >= 4 is 40.5 Å². The minimum Gasteiger partial charge on any atom is -0.320 e. The Labute approximate surface area is 148 Å². The van der Waals surface area contributed by atoms with Crippen LogP contribution in [0.5, 0.6) is 0 Å². The predicted molar refractivity (Wildman–Crippen MR) is 94.1 cm³/mol. The van der Waals surface area contributed by atoms with Gasteiger partial charge in [-0.3, -0.25) is 19.7 Å². The predicted octanol–water partition coefficient (Wildman–Crippen LogP) is 3.63. The molecule has 1 heterocycles. The van der Waals surface area contributed by atoms with Crippen molar-refractivity contribution in [2.75, 3.05) is 16.8 Å². The maximum atomic E-state index is 12.3. The van der Waals surface area contributed by atoms with E-state index in [0.717, 1.165) is 12.1 Å². The van der Waals surface area contributed by atoms with Crippen molar-refractivity contribution in [3.05, 3.63) is 63.2 Å². The molecular formula is C17H14ClN3O4. The average Bonchev–Trinajstić information content (AvgIpc) is 3.02. The Morgan fingerprint density at radius 3 is 2.52 bits per heavy atom. The van der Waals surface area contributed by atoms with Gasteiger partial charge in [0.2, 0.25) is 5.91 Å². The van der Waals surface area contributed by atoms with Gasteiger partial charge in [-0.15, -0.1) is 0 Å². The smallest absolute Gasteiger partial charge is 0.271 e. The Bertz CT molecular complexity index is 851. The zero-order chi connectivity index (χ0) is 18.0. The van der Waals surface area contributed by atoms with E-state index < -0.39 is 10.8 Å². The van der Waals surface area contributed by atoms with Crippen molar-refractivity contribution in [3.63, 3.8) is 0 Å². The number of halogens is 1. The minimum absolute atomic E-state index is 0.0700. The van der Waals surface area contributed by atoms with Gasteiger partial charge in [0.1, 0.15) is 0 Å². The molecule has 1 aliphatic heterocycles. The fourth-order valence-electron chi connectivity index (χ4n) is 2.63. The number of rotatable bonds is 4. The van der Waals surface area contributed by atoms with Crippen molar-refractivity contribution in [1.29, 1.82) is 0 Å². The summed E-state index contributed by atoms with van der Waals surface area (Å²) in [6.45, 7) is 0.674. The first-order chi connectivity index (χ1) is 12.0. The van der Waals surface area contributed by atoms with E-state index >= 15 is 0 Å². The standard InChI is InChI=1S/C17H14ClN3O4/c18-14-8-7-13(21(24)25)10-15(14)19-17(23)11-3-5-12(6-4-11)20-9-1-2-16(20)22/h3-8,10H,1-2,9H2,(H,19,23). The lowest BCUT2D eigenvalue weighted by atomic mass is 10.1. The molecule has 7 nitrogen and oxygen atoms in total. The summed E-state index contributed by atoms with van der Waals surface area (Å²) in [5.41, 5.74) is 1.10. The lowest BCUT2D eigenvalue weighted by Gasteiger charge is -2.16. The zero-order valence-electron chi connectivity index (χ0n) is 13.1. The number of nitro groups is 1. The number of nitrogens with one attached hydrogen (secondary N) is 1. The Hall–Kier alpha value is -2.93. The first kappa shape index (κ1) is 16.9. The van der Waals surface area contributed by atoms with Crippen LogP contribution in [-0.4, -0.2) is 23.3 Å². The normalized spacial score (nSPS) is 13.8. The van der Waals surface area contributed by atoms with E-state index in [-0.39, 0.29) is 22.3 Å². The van der Waals surface area contributed by atoms with Gasteiger partial charge in [-0.1, -0.05) is 11.6 Å². The summed E-state index contributed by atoms with van der Waals surface area (Å²) in [5.74, 6) is -0.373. The number of benzene rings is 2. The van der Waals surface area contributed by atoms with Crippen LogP contribution in [0.1, 0.15) is 23.2 Å². The topological polar surface area (TPSA) is 92.5 Å². The monoisotopic (exact) mass is 359 g/mol. The molecule has 1 N–H and O–H groups in total. The van der Waals surface area contributed by atoms with Crippen LogP contribution in [0.4, 0.5) is 17.1 Å². The second-order valence-corrected chi connectivity index (χ2v) is 5.98. The molecule has 1 fully saturated rings. The van der Waals surface area contributed by atoms with Crippen LogP contribution in [0.3, 0.4) is 0 Å². The van der Waals surface area contributed by atoms with E-state index in [4.69, 9.17) is 11.6 Å². The second-order valence-electron chi connectivity index (χ2n) is 5.57. The van der Waals surface area contributed by atoms with Crippen molar-refractivity contribution in [2.45, 2.75) is 12.8 Å². The Morgan fingerprint density at radius 2 is 1.92 bits per heavy atom. The molecule has 0 bridgehead atoms. The molecule has 25 heavy (non-hydrogen) atoms. The maximum absolute atomic E-state index is 12.3. The summed E-state index contributed by atoms with van der Waals surface area (Å²) >= 11 is 5.98. The fraction of sp³-hybridized carbons (Fsp3) is 0.176. The molecule has 0 spiro atoms. The van der Waals surface area contributed by atoms with E-state index in [1.807, 2.05) is 0 Å². The highest BCUT2D eigenvalue weighted by molar-refractivity contribution is 6.34. The Balaban J connectivity index is 1.76. The number of nitrogens with zero attached hydrogens (tertiary/aromatic N) is 2. The first-order valence-electron chi connectivity index (χ1n) is 7.61. The fourth-order valence-corrected chi connectivity index (χ4v) is 2.80. The average molecular weight is 360 g/mol. The van der Waals surface area contributed by atoms with Crippen LogP contribution in [0.2, 0.25) is 5.02 Å². The molecule has 0 saturated carbocycles. The summed E-state index contributed by atoms with van der Waals surface area (Å²) in [5, 5.41) is 13.6. The van der Waals surface area contributed by atoms with Crippen molar-refractivity contribution in [2.24, 2.45) is 0 Å². The molecule has 0 atom stereocenters. The number of hydrogen-bond acceptors (Lipinski definition) is 4. The third-order valence-electron chi connectivity index (χ3n) is 3.92. The highest BCUT2D eigenvalue weighted by Gasteiger charge is 2.21. The first-order valence-corrected chi connectivity index (χ1v) is 7.99. The number of anilines is 2. The van der Waals surface area contributed by atoms with Gasteiger partial charge in [0.05, 0.1) is 15.6 Å². The molecule has 8 heteroatoms. The molecule has 0 aromatic heterocycles. The van der Waals surface area contributed by atoms with Gasteiger partial charge in [-0.25, -0.2) is 0 Å². The molecule has 0 radical (unpaired) electrons. The largest absolute Gasteiger partial charge is 0.320 e. The van der Waals surface area contributed by atoms with E-state index in [1.165, 1.54) is 18.2 Å². The number of amides is 2. The third kappa shape index (κ3) is 3.61. The summed E-state index contributed by atoms with van der Waals surface area (Å²) in [6.07, 6.45) is 1.36. The van der Waals surface area contributed by atoms with Gasteiger partial charge in [0.25, 0.3) is 11.6 Å². The number of carbonyl (C=O) groups excluding carboxylic acids is 2. The minimum atomic E-state index is -0.562. The summed E-state index contributed by atoms with van der Waals surface area (Å²) < 4.78 is 0. The number of hydrogen-bond donors (Lipinski definition) is 1. The highest BCUT2D eigenvalue weighted by atomic mass is 35.5. The molecule has 1 saturated heterocycles. The third-order valence-corrected chi connectivity index (χ3v) is 4.25. The lowest BCUT2D eigenvalue weighted by Crippen LogP contribution is -2.23. The van der Waals surface area contributed by atoms with Gasteiger partial charge in [-0.05, 0) is 36.8 Å². The number of non-ortho nitro benzene ring substituents is 1. The molecule has 0 aliphatic carbocycles. The molecule has 2 aromatic rings. The summed E-state index contributed by atoms with van der Waals surface area (Å²) in [7, 11) is 0. The molecule has 0 unspecified atom stereocenters. The molecule has 128 valence electrons. The van der Waals surface area contributed by atoms with Crippen LogP contribution >= 0.6 is 11.6 Å². The maximum Gasteiger partial charge on any atom is 0.271 e. The number of carbonyl (C=O) groups is 2. The van der Waals surface area contributed by atoms with Crippen LogP contribution in [-0.2, 0) is 4.79 Å². The number of nitro benzene ring substituents is 1. The van der Waals surface area contributed by atoms with Crippen LogP contribution < -0.4 is 10.2 Å². The lowest BCUT2D eigenvalue weighted by molar-refractivity contribution is -0.384. The van der Waals surface area contributed by atoms with E-state index in [1.54, 1.807) is 29.2 Å². The van der Waals surface area contributed by atoms with Gasteiger partial charge >= 0.3 is 0 Å². The second kappa shape index (κ2) is 6.90. The molecular weight excluding hydrogens is 346 g/mol. The van der Waals surface area contributed by atoms with Gasteiger partial charge < -0.3 is 10.2 Å². The van der Waals surface area contributed by atoms with Gasteiger partial charge in [0, 0.05) is 36.3 Å². The summed E-state index contributed by atoms with van der Waals surface area (Å²) in [6, 6.07) is 10.4. The molecule has 3 rings (SSSR count). The van der Waals surface area contributed by atoms with Crippen molar-refractivity contribution < 1.29 is 14.5 Å². The molecule has 2 aromatic carbocycles. The van der Waals surface area contributed by atoms with Crippen molar-refractivity contribution in [3.8, 4) is 0 Å². The van der Waals surface area contributed by atoms with Gasteiger partial charge in [-0.2, -0.15) is 0 Å². The Kier molecular flexibility index (Phi) is 4.67. The molecule has 2 amide bonds. The van der Waals surface area contributed by atoms with Crippen LogP contribution in [0.25, 0.3) is 0 Å². The SMILES string of the molecule is O=C(Nc1cc([N+](=O)[O-])ccc1Cl)c1ccc(N2CCCC2=O)cc1. The quantitative estimate of drug-likeness (QED) is 0.666. The van der Waals surface area contributed by atoms with Crippen LogP contribution in [0.15, 0.2) is 42.5 Å². The van der Waals surface area contributed by atoms with E-state index in [2.05, 4.69) is 5.32 Å².